The Kier molecular flexibility index (Phi) is 6.30. The molecule has 94 valence electrons. The van der Waals surface area contributed by atoms with E-state index >= 15 is 0 Å². The van der Waals surface area contributed by atoms with E-state index in [1.54, 1.807) is 0 Å². The fourth-order valence-electron chi connectivity index (χ4n) is 1.86. The van der Waals surface area contributed by atoms with Gasteiger partial charge in [0, 0.05) is 18.8 Å². The van der Waals surface area contributed by atoms with Crippen LogP contribution in [0.4, 0.5) is 4.39 Å². The zero-order valence-electron chi connectivity index (χ0n) is 9.09. The molecule has 1 aliphatic heterocycles. The molecule has 0 bridgehead atoms. The first-order valence-corrected chi connectivity index (χ1v) is 5.27. The lowest BCUT2D eigenvalue weighted by molar-refractivity contribution is -0.148. The number of esters is 1. The molecule has 1 saturated heterocycles. The molecule has 2 atom stereocenters. The number of carbonyl (C=O) groups is 1. The molecule has 0 amide bonds. The summed E-state index contributed by atoms with van der Waals surface area (Å²) in [5.41, 5.74) is -0.274. The van der Waals surface area contributed by atoms with Gasteiger partial charge in [-0.05, 0) is 6.42 Å². The van der Waals surface area contributed by atoms with E-state index in [4.69, 9.17) is 11.6 Å². The summed E-state index contributed by atoms with van der Waals surface area (Å²) in [7, 11) is 1.29. The van der Waals surface area contributed by atoms with Gasteiger partial charge in [0.05, 0.1) is 7.11 Å². The topological polar surface area (TPSA) is 38.3 Å². The summed E-state index contributed by atoms with van der Waals surface area (Å²) in [6.07, 6.45) is -0.577. The van der Waals surface area contributed by atoms with Crippen molar-refractivity contribution in [2.24, 2.45) is 0 Å². The highest BCUT2D eigenvalue weighted by molar-refractivity contribution is 6.19. The lowest BCUT2D eigenvalue weighted by Gasteiger charge is -2.26. The zero-order chi connectivity index (χ0) is 11.5. The SMILES string of the molecule is C=C(CCl)C[C@]1(C(=O)OC)C[C@@H](F)CN1.Cl. The molecule has 0 aromatic rings. The summed E-state index contributed by atoms with van der Waals surface area (Å²) in [5.74, 6) is -0.189. The van der Waals surface area contributed by atoms with Gasteiger partial charge in [-0.25, -0.2) is 4.39 Å². The molecule has 0 saturated carbocycles. The van der Waals surface area contributed by atoms with Crippen LogP contribution in [-0.4, -0.2) is 37.2 Å². The first kappa shape index (κ1) is 15.7. The van der Waals surface area contributed by atoms with Crippen molar-refractivity contribution in [1.82, 2.24) is 5.32 Å². The van der Waals surface area contributed by atoms with Crippen LogP contribution in [0.15, 0.2) is 12.2 Å². The van der Waals surface area contributed by atoms with Crippen molar-refractivity contribution in [2.75, 3.05) is 19.5 Å². The van der Waals surface area contributed by atoms with Crippen LogP contribution in [0.3, 0.4) is 0 Å². The van der Waals surface area contributed by atoms with Crippen LogP contribution in [0.1, 0.15) is 12.8 Å². The van der Waals surface area contributed by atoms with Crippen molar-refractivity contribution >= 4 is 30.0 Å². The van der Waals surface area contributed by atoms with E-state index in [2.05, 4.69) is 16.6 Å². The second-order valence-corrected chi connectivity index (χ2v) is 4.08. The first-order valence-electron chi connectivity index (χ1n) is 4.74. The molecule has 1 N–H and O–H groups in total. The van der Waals surface area contributed by atoms with Gasteiger partial charge in [-0.3, -0.25) is 10.1 Å². The predicted molar refractivity (Wildman–Crippen MR) is 64.0 cm³/mol. The number of hydrogen-bond acceptors (Lipinski definition) is 3. The van der Waals surface area contributed by atoms with E-state index in [1.165, 1.54) is 7.11 Å². The number of ether oxygens (including phenoxy) is 1. The fourth-order valence-corrected chi connectivity index (χ4v) is 1.95. The minimum atomic E-state index is -1.02. The molecule has 1 fully saturated rings. The van der Waals surface area contributed by atoms with Gasteiger partial charge in [0.15, 0.2) is 0 Å². The zero-order valence-corrected chi connectivity index (χ0v) is 10.7. The second-order valence-electron chi connectivity index (χ2n) is 3.82. The fraction of sp³-hybridized carbons (Fsp3) is 0.700. The molecule has 1 rings (SSSR count). The molecule has 3 nitrogen and oxygen atoms in total. The van der Waals surface area contributed by atoms with Crippen molar-refractivity contribution in [3.05, 3.63) is 12.2 Å². The maximum Gasteiger partial charge on any atom is 0.326 e. The average molecular weight is 272 g/mol. The standard InChI is InChI=1S/C10H15ClFNO2.ClH/c1-7(5-11)3-10(9(14)15-2)4-8(12)6-13-10;/h8,13H,1,3-6H2,2H3;1H/t8-,10-;/m1./s1. The van der Waals surface area contributed by atoms with Gasteiger partial charge in [-0.2, -0.15) is 0 Å². The third-order valence-corrected chi connectivity index (χ3v) is 2.93. The van der Waals surface area contributed by atoms with Crippen molar-refractivity contribution in [1.29, 1.82) is 0 Å². The molecule has 0 spiro atoms. The van der Waals surface area contributed by atoms with E-state index in [0.717, 1.165) is 0 Å². The van der Waals surface area contributed by atoms with E-state index in [0.29, 0.717) is 12.0 Å². The average Bonchev–Trinajstić information content (AvgIpc) is 2.59. The monoisotopic (exact) mass is 271 g/mol. The van der Waals surface area contributed by atoms with Gasteiger partial charge < -0.3 is 4.74 Å². The van der Waals surface area contributed by atoms with Crippen LogP contribution in [0.25, 0.3) is 0 Å². The molecule has 1 aliphatic rings. The highest BCUT2D eigenvalue weighted by Gasteiger charge is 2.46. The molecule has 0 aromatic heterocycles. The van der Waals surface area contributed by atoms with Gasteiger partial charge in [0.25, 0.3) is 0 Å². The first-order chi connectivity index (χ1) is 7.04. The number of rotatable bonds is 4. The Morgan fingerprint density at radius 1 is 1.75 bits per heavy atom. The van der Waals surface area contributed by atoms with E-state index in [-0.39, 0.29) is 31.3 Å². The summed E-state index contributed by atoms with van der Waals surface area (Å²) < 4.78 is 17.8. The van der Waals surface area contributed by atoms with E-state index in [9.17, 15) is 9.18 Å². The maximum atomic E-state index is 13.1. The molecule has 0 radical (unpaired) electrons. The van der Waals surface area contributed by atoms with Gasteiger partial charge >= 0.3 is 5.97 Å². The number of carbonyl (C=O) groups excluding carboxylic acids is 1. The number of methoxy groups -OCH3 is 1. The Labute approximate surface area is 106 Å². The van der Waals surface area contributed by atoms with Crippen LogP contribution in [-0.2, 0) is 9.53 Å². The van der Waals surface area contributed by atoms with Crippen molar-refractivity contribution in [3.8, 4) is 0 Å². The Hall–Kier alpha value is -0.320. The molecule has 1 heterocycles. The predicted octanol–water partition coefficient (Wildman–Crippen LogP) is 1.84. The van der Waals surface area contributed by atoms with Gasteiger partial charge in [-0.1, -0.05) is 12.2 Å². The molecular formula is C10H16Cl2FNO2. The molecule has 0 aromatic carbocycles. The molecular weight excluding hydrogens is 256 g/mol. The van der Waals surface area contributed by atoms with E-state index < -0.39 is 17.7 Å². The maximum absolute atomic E-state index is 13.1. The van der Waals surface area contributed by atoms with Crippen LogP contribution < -0.4 is 5.32 Å². The van der Waals surface area contributed by atoms with Crippen molar-refractivity contribution in [3.63, 3.8) is 0 Å². The third kappa shape index (κ3) is 3.34. The van der Waals surface area contributed by atoms with Crippen LogP contribution >= 0.6 is 24.0 Å². The van der Waals surface area contributed by atoms with Crippen LogP contribution in [0.2, 0.25) is 0 Å². The minimum absolute atomic E-state index is 0. The normalized spacial score (nSPS) is 28.3. The number of alkyl halides is 2. The van der Waals surface area contributed by atoms with Gasteiger partial charge in [0.2, 0.25) is 0 Å². The highest BCUT2D eigenvalue weighted by Crippen LogP contribution is 2.29. The lowest BCUT2D eigenvalue weighted by atomic mass is 9.90. The Bertz CT molecular complexity index is 276. The molecule has 0 unspecified atom stereocenters. The smallest absolute Gasteiger partial charge is 0.326 e. The Morgan fingerprint density at radius 2 is 2.38 bits per heavy atom. The van der Waals surface area contributed by atoms with E-state index in [1.807, 2.05) is 0 Å². The lowest BCUT2D eigenvalue weighted by Crippen LogP contribution is -2.48. The van der Waals surface area contributed by atoms with Crippen molar-refractivity contribution < 1.29 is 13.9 Å². The quantitative estimate of drug-likeness (QED) is 0.482. The van der Waals surface area contributed by atoms with Gasteiger partial charge in [0.1, 0.15) is 11.7 Å². The number of nitrogens with one attached hydrogen (secondary N) is 1. The summed E-state index contributed by atoms with van der Waals surface area (Å²) in [6, 6.07) is 0. The minimum Gasteiger partial charge on any atom is -0.468 e. The summed E-state index contributed by atoms with van der Waals surface area (Å²) >= 11 is 5.60. The molecule has 6 heteroatoms. The number of halogens is 3. The summed E-state index contributed by atoms with van der Waals surface area (Å²) in [5, 5.41) is 2.87. The highest BCUT2D eigenvalue weighted by atomic mass is 35.5. The number of hydrogen-bond donors (Lipinski definition) is 1. The third-order valence-electron chi connectivity index (χ3n) is 2.55. The van der Waals surface area contributed by atoms with Crippen LogP contribution in [0.5, 0.6) is 0 Å². The Balaban J connectivity index is 0.00000225. The molecule has 0 aliphatic carbocycles. The Morgan fingerprint density at radius 3 is 2.75 bits per heavy atom. The molecule has 16 heavy (non-hydrogen) atoms. The summed E-state index contributed by atoms with van der Waals surface area (Å²) in [6.45, 7) is 3.89. The largest absolute Gasteiger partial charge is 0.468 e. The summed E-state index contributed by atoms with van der Waals surface area (Å²) in [4.78, 5) is 11.6. The van der Waals surface area contributed by atoms with Crippen molar-refractivity contribution in [2.45, 2.75) is 24.6 Å². The van der Waals surface area contributed by atoms with Gasteiger partial charge in [-0.15, -0.1) is 24.0 Å². The van der Waals surface area contributed by atoms with Crippen LogP contribution in [0, 0.1) is 0 Å². The second kappa shape index (κ2) is 6.42.